The number of rotatable bonds is 4. The van der Waals surface area contributed by atoms with E-state index in [2.05, 4.69) is 4.98 Å². The van der Waals surface area contributed by atoms with E-state index in [0.717, 1.165) is 17.5 Å². The van der Waals surface area contributed by atoms with Crippen LogP contribution in [0.2, 0.25) is 0 Å². The molecular weight excluding hydrogens is 282 g/mol. The number of aromatic carboxylic acids is 1. The number of nitrogens with one attached hydrogen (secondary N) is 1. The summed E-state index contributed by atoms with van der Waals surface area (Å²) >= 11 is 1.45. The lowest BCUT2D eigenvalue weighted by molar-refractivity contribution is 0.0693. The van der Waals surface area contributed by atoms with Gasteiger partial charge in [0, 0.05) is 17.3 Å². The van der Waals surface area contributed by atoms with Gasteiger partial charge in [-0.05, 0) is 13.3 Å². The maximum absolute atomic E-state index is 11.8. The van der Waals surface area contributed by atoms with Gasteiger partial charge in [-0.1, -0.05) is 6.92 Å². The molecule has 2 aromatic rings. The molecule has 1 unspecified atom stereocenters. The van der Waals surface area contributed by atoms with Gasteiger partial charge in [0.15, 0.2) is 0 Å². The fraction of sp³-hybridized carbons (Fsp3) is 0.333. The van der Waals surface area contributed by atoms with Crippen molar-refractivity contribution in [2.45, 2.75) is 26.3 Å². The number of hydrogen-bond donors (Lipinski definition) is 2. The minimum absolute atomic E-state index is 0.442. The van der Waals surface area contributed by atoms with Gasteiger partial charge in [-0.2, -0.15) is 0 Å². The molecule has 0 aliphatic carbocycles. The number of H-pyrrole nitrogens is 1. The molecule has 0 aliphatic rings. The van der Waals surface area contributed by atoms with Crippen LogP contribution in [0, 0.1) is 0 Å². The zero-order valence-corrected chi connectivity index (χ0v) is 11.7. The second-order valence-electron chi connectivity index (χ2n) is 4.21. The molecule has 0 saturated heterocycles. The van der Waals surface area contributed by atoms with E-state index < -0.39 is 28.8 Å². The third-order valence-electron chi connectivity index (χ3n) is 2.89. The molecule has 106 valence electrons. The number of nitrogens with zero attached hydrogens (tertiary/aromatic N) is 2. The number of aromatic amines is 1. The second kappa shape index (κ2) is 5.41. The van der Waals surface area contributed by atoms with Gasteiger partial charge >= 0.3 is 11.7 Å². The highest BCUT2D eigenvalue weighted by Crippen LogP contribution is 2.22. The molecular formula is C12H13N3O4S. The third kappa shape index (κ3) is 2.55. The molecule has 0 fully saturated rings. The minimum Gasteiger partial charge on any atom is -0.477 e. The van der Waals surface area contributed by atoms with Crippen molar-refractivity contribution in [3.8, 4) is 0 Å². The molecule has 20 heavy (non-hydrogen) atoms. The number of thiazole rings is 1. The van der Waals surface area contributed by atoms with E-state index in [1.54, 1.807) is 13.1 Å². The Balaban J connectivity index is 2.51. The minimum atomic E-state index is -1.37. The van der Waals surface area contributed by atoms with Crippen LogP contribution in [0.5, 0.6) is 0 Å². The zero-order chi connectivity index (χ0) is 14.9. The van der Waals surface area contributed by atoms with Crippen molar-refractivity contribution in [3.63, 3.8) is 0 Å². The summed E-state index contributed by atoms with van der Waals surface area (Å²) in [6.45, 7) is 3.72. The summed E-state index contributed by atoms with van der Waals surface area (Å²) in [5.74, 6) is -1.37. The highest BCUT2D eigenvalue weighted by atomic mass is 32.1. The van der Waals surface area contributed by atoms with Gasteiger partial charge in [-0.3, -0.25) is 14.3 Å². The quantitative estimate of drug-likeness (QED) is 0.870. The Morgan fingerprint density at radius 2 is 2.25 bits per heavy atom. The Kier molecular flexibility index (Phi) is 3.84. The molecule has 7 nitrogen and oxygen atoms in total. The molecule has 0 bridgehead atoms. The Hall–Kier alpha value is -2.22. The number of carbonyl (C=O) groups is 1. The molecule has 0 aliphatic heterocycles. The fourth-order valence-corrected chi connectivity index (χ4v) is 2.63. The van der Waals surface area contributed by atoms with Crippen molar-refractivity contribution in [2.75, 3.05) is 0 Å². The van der Waals surface area contributed by atoms with Crippen LogP contribution in [0.15, 0.2) is 22.0 Å². The second-order valence-corrected chi connectivity index (χ2v) is 5.36. The molecule has 2 aromatic heterocycles. The highest BCUT2D eigenvalue weighted by Gasteiger charge is 2.18. The van der Waals surface area contributed by atoms with Crippen LogP contribution in [0.4, 0.5) is 0 Å². The van der Waals surface area contributed by atoms with Crippen molar-refractivity contribution < 1.29 is 9.90 Å². The van der Waals surface area contributed by atoms with Crippen molar-refractivity contribution >= 4 is 17.3 Å². The Labute approximate surface area is 117 Å². The standard InChI is InChI=1S/C12H13N3O4S/c1-3-7-4-13-10(20-7)6(2)15-5-8(11(17)18)9(16)14-12(15)19/h4-6H,3H2,1-2H3,(H,17,18)(H,14,16,19). The molecule has 2 heterocycles. The third-order valence-corrected chi connectivity index (χ3v) is 4.20. The van der Waals surface area contributed by atoms with E-state index in [0.29, 0.717) is 5.01 Å². The van der Waals surface area contributed by atoms with Gasteiger partial charge in [0.05, 0.1) is 6.04 Å². The predicted molar refractivity (Wildman–Crippen MR) is 73.6 cm³/mol. The Bertz CT molecular complexity index is 759. The SMILES string of the molecule is CCc1cnc(C(C)n2cc(C(=O)O)c(=O)[nH]c2=O)s1. The van der Waals surface area contributed by atoms with Crippen LogP contribution < -0.4 is 11.2 Å². The summed E-state index contributed by atoms with van der Waals surface area (Å²) < 4.78 is 1.17. The molecule has 0 radical (unpaired) electrons. The molecule has 0 aromatic carbocycles. The van der Waals surface area contributed by atoms with Gasteiger partial charge in [0.2, 0.25) is 0 Å². The summed E-state index contributed by atoms with van der Waals surface area (Å²) in [6.07, 6.45) is 3.62. The fourth-order valence-electron chi connectivity index (χ4n) is 1.72. The molecule has 0 amide bonds. The first kappa shape index (κ1) is 14.2. The average molecular weight is 295 g/mol. The van der Waals surface area contributed by atoms with Crippen LogP contribution in [0.1, 0.15) is 40.1 Å². The van der Waals surface area contributed by atoms with Crippen LogP contribution in [0.3, 0.4) is 0 Å². The maximum atomic E-state index is 11.8. The van der Waals surface area contributed by atoms with Crippen molar-refractivity contribution in [1.29, 1.82) is 0 Å². The van der Waals surface area contributed by atoms with Gasteiger partial charge in [-0.25, -0.2) is 14.6 Å². The predicted octanol–water partition coefficient (Wildman–Crippen LogP) is 0.863. The van der Waals surface area contributed by atoms with Crippen LogP contribution >= 0.6 is 11.3 Å². The Morgan fingerprint density at radius 3 is 2.80 bits per heavy atom. The molecule has 0 saturated carbocycles. The van der Waals surface area contributed by atoms with Gasteiger partial charge in [0.1, 0.15) is 10.6 Å². The number of hydrogen-bond acceptors (Lipinski definition) is 5. The smallest absolute Gasteiger partial charge is 0.342 e. The van der Waals surface area contributed by atoms with Gasteiger partial charge in [-0.15, -0.1) is 11.3 Å². The number of aryl methyl sites for hydroxylation is 1. The summed E-state index contributed by atoms with van der Waals surface area (Å²) in [7, 11) is 0. The zero-order valence-electron chi connectivity index (χ0n) is 10.9. The topological polar surface area (TPSA) is 105 Å². The first-order chi connectivity index (χ1) is 9.43. The number of aromatic nitrogens is 3. The van der Waals surface area contributed by atoms with E-state index in [1.807, 2.05) is 11.9 Å². The van der Waals surface area contributed by atoms with E-state index in [4.69, 9.17) is 5.11 Å². The summed E-state index contributed by atoms with van der Waals surface area (Å²) in [5.41, 5.74) is -2.02. The maximum Gasteiger partial charge on any atom is 0.342 e. The van der Waals surface area contributed by atoms with Gasteiger partial charge in [0.25, 0.3) is 5.56 Å². The van der Waals surface area contributed by atoms with E-state index in [1.165, 1.54) is 15.9 Å². The van der Waals surface area contributed by atoms with Gasteiger partial charge < -0.3 is 5.11 Å². The lowest BCUT2D eigenvalue weighted by Crippen LogP contribution is -2.34. The Morgan fingerprint density at radius 1 is 1.55 bits per heavy atom. The highest BCUT2D eigenvalue weighted by molar-refractivity contribution is 7.11. The molecule has 0 spiro atoms. The lowest BCUT2D eigenvalue weighted by atomic mass is 10.3. The van der Waals surface area contributed by atoms with E-state index in [-0.39, 0.29) is 0 Å². The summed E-state index contributed by atoms with van der Waals surface area (Å²) in [5, 5.41) is 9.61. The van der Waals surface area contributed by atoms with E-state index in [9.17, 15) is 14.4 Å². The van der Waals surface area contributed by atoms with E-state index >= 15 is 0 Å². The van der Waals surface area contributed by atoms with Crippen molar-refractivity contribution in [2.24, 2.45) is 0 Å². The lowest BCUT2D eigenvalue weighted by Gasteiger charge is -2.12. The molecule has 8 heteroatoms. The molecule has 2 N–H and O–H groups in total. The first-order valence-corrected chi connectivity index (χ1v) is 6.79. The summed E-state index contributed by atoms with van der Waals surface area (Å²) in [6, 6.07) is -0.442. The number of carboxylic acid groups (broad SMARTS) is 1. The van der Waals surface area contributed by atoms with Crippen LogP contribution in [-0.2, 0) is 6.42 Å². The normalized spacial score (nSPS) is 12.3. The largest absolute Gasteiger partial charge is 0.477 e. The van der Waals surface area contributed by atoms with Crippen molar-refractivity contribution in [1.82, 2.24) is 14.5 Å². The molecule has 1 atom stereocenters. The molecule has 2 rings (SSSR count). The summed E-state index contributed by atoms with van der Waals surface area (Å²) in [4.78, 5) is 41.4. The monoisotopic (exact) mass is 295 g/mol. The van der Waals surface area contributed by atoms with Crippen molar-refractivity contribution in [3.05, 3.63) is 48.7 Å². The first-order valence-electron chi connectivity index (χ1n) is 5.97. The van der Waals surface area contributed by atoms with Crippen LogP contribution in [-0.4, -0.2) is 25.6 Å². The number of carboxylic acids is 1. The van der Waals surface area contributed by atoms with Crippen LogP contribution in [0.25, 0.3) is 0 Å². The average Bonchev–Trinajstić information content (AvgIpc) is 2.86.